The van der Waals surface area contributed by atoms with Gasteiger partial charge in [-0.05, 0) is 87.0 Å². The summed E-state index contributed by atoms with van der Waals surface area (Å²) in [4.78, 5) is 11.0. The van der Waals surface area contributed by atoms with Crippen LogP contribution in [0.5, 0.6) is 11.5 Å². The highest BCUT2D eigenvalue weighted by Crippen LogP contribution is 2.50. The average molecular weight is 635 g/mol. The minimum Gasteiger partial charge on any atom is -0.444 e. The van der Waals surface area contributed by atoms with Gasteiger partial charge in [0.15, 0.2) is 23.1 Å². The van der Waals surface area contributed by atoms with Gasteiger partial charge in [0.25, 0.3) is 12.2 Å². The number of benzene rings is 2. The molecule has 1 aliphatic carbocycles. The first-order valence-corrected chi connectivity index (χ1v) is 15.3. The van der Waals surface area contributed by atoms with Gasteiger partial charge in [-0.15, -0.1) is 0 Å². The van der Waals surface area contributed by atoms with Crippen LogP contribution in [-0.2, 0) is 18.8 Å². The third kappa shape index (κ3) is 5.73. The third-order valence-corrected chi connectivity index (χ3v) is 9.31. The van der Waals surface area contributed by atoms with Crippen LogP contribution in [0.3, 0.4) is 0 Å². The fourth-order valence-corrected chi connectivity index (χ4v) is 6.51. The van der Waals surface area contributed by atoms with E-state index in [1.54, 1.807) is 25.3 Å². The van der Waals surface area contributed by atoms with Crippen molar-refractivity contribution in [1.82, 2.24) is 25.1 Å². The van der Waals surface area contributed by atoms with Crippen LogP contribution in [0.15, 0.2) is 48.7 Å². The number of nitriles is 1. The molecule has 0 radical (unpaired) electrons. The lowest BCUT2D eigenvalue weighted by molar-refractivity contribution is -0.0712. The molecule has 12 heteroatoms. The van der Waals surface area contributed by atoms with Gasteiger partial charge < -0.3 is 9.47 Å². The maximum absolute atomic E-state index is 14.8. The van der Waals surface area contributed by atoms with E-state index < -0.39 is 29.3 Å². The Morgan fingerprint density at radius 1 is 1.16 bits per heavy atom. The zero-order valence-electron chi connectivity index (χ0n) is 24.5. The summed E-state index contributed by atoms with van der Waals surface area (Å²) in [6.07, 6.45) is 2.80. The molecule has 1 N–H and O–H groups in total. The molecule has 2 fully saturated rings. The Kier molecular flexibility index (Phi) is 7.45. The number of H-pyrrole nitrogens is 1. The van der Waals surface area contributed by atoms with Crippen LogP contribution in [0.4, 0.5) is 13.2 Å². The van der Waals surface area contributed by atoms with Gasteiger partial charge in [0.1, 0.15) is 5.82 Å². The molecule has 1 atom stereocenters. The normalized spacial score (nSPS) is 20.8. The van der Waals surface area contributed by atoms with Gasteiger partial charge in [-0.25, -0.2) is 18.2 Å². The van der Waals surface area contributed by atoms with Crippen LogP contribution < -0.4 is 9.47 Å². The van der Waals surface area contributed by atoms with Gasteiger partial charge in [0.05, 0.1) is 22.7 Å². The fourth-order valence-electron chi connectivity index (χ4n) is 6.35. The second kappa shape index (κ2) is 11.3. The fraction of sp³-hybridized carbons (Fsp3) is 0.394. The van der Waals surface area contributed by atoms with E-state index in [4.69, 9.17) is 26.1 Å². The van der Waals surface area contributed by atoms with Crippen molar-refractivity contribution in [2.24, 2.45) is 5.41 Å². The minimum absolute atomic E-state index is 0.157. The van der Waals surface area contributed by atoms with Crippen molar-refractivity contribution < 1.29 is 22.6 Å². The number of hydrogen-bond donors (Lipinski definition) is 1. The summed E-state index contributed by atoms with van der Waals surface area (Å²) in [6.45, 7) is 3.92. The number of ether oxygens (including phenoxy) is 2. The first-order valence-electron chi connectivity index (χ1n) is 14.9. The standard InChI is InChI=1S/C33H30ClF3N6O2/c1-32(24-6-5-22(34)14-25(24)35)44-27-4-2-3-23(28(27)45-32)19-7-11-43(12-8-19)17-26-20(15-33(18-38)9-10-33)13-21(16-39-26)30-40-31(29(36)37)42-41-30/h2-6,13-14,16,19,29H,7-12,15,17H2,1H3,(H,40,41,42)/t32-/m1/s1. The van der Waals surface area contributed by atoms with Crippen LogP contribution >= 0.6 is 11.6 Å². The number of halogens is 4. The number of fused-ring (bicyclic) bond motifs is 1. The molecule has 4 aromatic rings. The Bertz CT molecular complexity index is 1800. The first-order chi connectivity index (χ1) is 21.6. The number of alkyl halides is 2. The van der Waals surface area contributed by atoms with Crippen molar-refractivity contribution in [2.45, 2.75) is 63.7 Å². The molecule has 2 aromatic carbocycles. The number of nitrogens with one attached hydrogen (secondary N) is 1. The van der Waals surface area contributed by atoms with Gasteiger partial charge in [0, 0.05) is 35.8 Å². The van der Waals surface area contributed by atoms with E-state index in [1.165, 1.54) is 6.07 Å². The second-order valence-electron chi connectivity index (χ2n) is 12.2. The number of rotatable bonds is 8. The van der Waals surface area contributed by atoms with E-state index in [-0.39, 0.29) is 17.3 Å². The summed E-state index contributed by atoms with van der Waals surface area (Å²) in [6, 6.07) is 14.6. The molecule has 0 amide bonds. The molecule has 1 saturated carbocycles. The quantitative estimate of drug-likeness (QED) is 0.215. The molecule has 2 aliphatic heterocycles. The third-order valence-electron chi connectivity index (χ3n) is 9.08. The Morgan fingerprint density at radius 2 is 1.96 bits per heavy atom. The SMILES string of the molecule is C[C@@]1(c2ccc(Cl)cc2F)Oc2cccc(C3CCN(Cc4ncc(-c5n[nH]c(C(F)F)n5)cc4CC4(C#N)CC4)CC3)c2O1. The smallest absolute Gasteiger partial charge is 0.296 e. The molecule has 232 valence electrons. The lowest BCUT2D eigenvalue weighted by Gasteiger charge is -2.33. The van der Waals surface area contributed by atoms with Crippen LogP contribution in [-0.4, -0.2) is 38.2 Å². The van der Waals surface area contributed by atoms with E-state index in [1.807, 2.05) is 24.3 Å². The molecule has 8 nitrogen and oxygen atoms in total. The molecule has 7 rings (SSSR count). The van der Waals surface area contributed by atoms with Gasteiger partial charge >= 0.3 is 0 Å². The van der Waals surface area contributed by atoms with Gasteiger partial charge in [-0.1, -0.05) is 23.7 Å². The Labute approximate surface area is 263 Å². The summed E-state index contributed by atoms with van der Waals surface area (Å²) in [7, 11) is 0. The number of aromatic amines is 1. The molecule has 3 aliphatic rings. The molecular formula is C33H30ClF3N6O2. The van der Waals surface area contributed by atoms with E-state index in [2.05, 4.69) is 26.2 Å². The molecular weight excluding hydrogens is 605 g/mol. The molecule has 0 unspecified atom stereocenters. The van der Waals surface area contributed by atoms with E-state index in [0.29, 0.717) is 35.1 Å². The number of pyridine rings is 1. The minimum atomic E-state index is -2.75. The number of para-hydroxylation sites is 1. The highest BCUT2D eigenvalue weighted by molar-refractivity contribution is 6.30. The summed E-state index contributed by atoms with van der Waals surface area (Å²) in [5.74, 6) is -0.692. The number of aromatic nitrogens is 4. The molecule has 4 heterocycles. The van der Waals surface area contributed by atoms with Crippen molar-refractivity contribution in [3.63, 3.8) is 0 Å². The van der Waals surface area contributed by atoms with Crippen LogP contribution in [0.2, 0.25) is 5.02 Å². The summed E-state index contributed by atoms with van der Waals surface area (Å²) >= 11 is 5.97. The van der Waals surface area contributed by atoms with Crippen molar-refractivity contribution >= 4 is 11.6 Å². The van der Waals surface area contributed by atoms with Crippen molar-refractivity contribution in [3.8, 4) is 29.0 Å². The van der Waals surface area contributed by atoms with Crippen molar-refractivity contribution in [3.05, 3.63) is 87.7 Å². The van der Waals surface area contributed by atoms with Crippen LogP contribution in [0, 0.1) is 22.6 Å². The number of nitrogens with zero attached hydrogens (tertiary/aromatic N) is 5. The van der Waals surface area contributed by atoms with Crippen LogP contribution in [0.1, 0.15) is 73.2 Å². The monoisotopic (exact) mass is 634 g/mol. The highest BCUT2D eigenvalue weighted by atomic mass is 35.5. The zero-order valence-corrected chi connectivity index (χ0v) is 25.3. The van der Waals surface area contributed by atoms with Gasteiger partial charge in [-0.3, -0.25) is 15.0 Å². The maximum Gasteiger partial charge on any atom is 0.296 e. The molecule has 45 heavy (non-hydrogen) atoms. The Hall–Kier alpha value is -4.14. The second-order valence-corrected chi connectivity index (χ2v) is 12.7. The van der Waals surface area contributed by atoms with E-state index in [9.17, 15) is 18.4 Å². The van der Waals surface area contributed by atoms with Gasteiger partial charge in [-0.2, -0.15) is 10.4 Å². The predicted octanol–water partition coefficient (Wildman–Crippen LogP) is 7.47. The largest absolute Gasteiger partial charge is 0.444 e. The van der Waals surface area contributed by atoms with Gasteiger partial charge in [0.2, 0.25) is 0 Å². The Morgan fingerprint density at radius 3 is 2.64 bits per heavy atom. The molecule has 2 aromatic heterocycles. The predicted molar refractivity (Wildman–Crippen MR) is 159 cm³/mol. The lowest BCUT2D eigenvalue weighted by Crippen LogP contribution is -2.34. The number of piperidine rings is 1. The topological polar surface area (TPSA) is 100.0 Å². The summed E-state index contributed by atoms with van der Waals surface area (Å²) in [5.41, 5.74) is 3.22. The first kappa shape index (κ1) is 29.6. The van der Waals surface area contributed by atoms with E-state index >= 15 is 0 Å². The Balaban J connectivity index is 1.06. The summed E-state index contributed by atoms with van der Waals surface area (Å²) in [5, 5.41) is 16.3. The molecule has 1 saturated heterocycles. The molecule has 0 bridgehead atoms. The number of hydrogen-bond acceptors (Lipinski definition) is 7. The highest BCUT2D eigenvalue weighted by Gasteiger charge is 2.44. The van der Waals surface area contributed by atoms with Crippen molar-refractivity contribution in [2.75, 3.05) is 13.1 Å². The zero-order chi connectivity index (χ0) is 31.3. The van der Waals surface area contributed by atoms with Crippen molar-refractivity contribution in [1.29, 1.82) is 5.26 Å². The molecule has 0 spiro atoms. The number of likely N-dealkylation sites (tertiary alicyclic amines) is 1. The van der Waals surface area contributed by atoms with E-state index in [0.717, 1.165) is 55.6 Å². The van der Waals surface area contributed by atoms with Crippen LogP contribution in [0.25, 0.3) is 11.4 Å². The maximum atomic E-state index is 14.8. The summed E-state index contributed by atoms with van der Waals surface area (Å²) < 4.78 is 53.5. The average Bonchev–Trinajstić information content (AvgIpc) is 3.44. The lowest BCUT2D eigenvalue weighted by atomic mass is 9.88.